The lowest BCUT2D eigenvalue weighted by atomic mass is 10.3. The zero-order chi connectivity index (χ0) is 17.7. The van der Waals surface area contributed by atoms with Crippen molar-refractivity contribution in [3.63, 3.8) is 0 Å². The number of rotatable bonds is 7. The van der Waals surface area contributed by atoms with E-state index in [4.69, 9.17) is 5.14 Å². The second-order valence-corrected chi connectivity index (χ2v) is 8.41. The van der Waals surface area contributed by atoms with Gasteiger partial charge in [-0.15, -0.1) is 0 Å². The van der Waals surface area contributed by atoms with Crippen LogP contribution in [-0.4, -0.2) is 36.4 Å². The molecule has 0 aliphatic carbocycles. The number of sulfonamides is 1. The van der Waals surface area contributed by atoms with Crippen molar-refractivity contribution < 1.29 is 8.42 Å². The Kier molecular flexibility index (Phi) is 6.44. The summed E-state index contributed by atoms with van der Waals surface area (Å²) in [5, 5.41) is 11.4. The van der Waals surface area contributed by atoms with Crippen molar-refractivity contribution in [3.05, 3.63) is 34.9 Å². The second kappa shape index (κ2) is 8.15. The summed E-state index contributed by atoms with van der Waals surface area (Å²) in [6.07, 6.45) is 3.70. The van der Waals surface area contributed by atoms with Crippen molar-refractivity contribution in [2.24, 2.45) is 5.14 Å². The number of aromatic nitrogens is 2. The van der Waals surface area contributed by atoms with Gasteiger partial charge in [0.1, 0.15) is 5.82 Å². The molecule has 0 saturated carbocycles. The summed E-state index contributed by atoms with van der Waals surface area (Å²) in [4.78, 5) is 8.68. The highest BCUT2D eigenvalue weighted by Gasteiger charge is 2.10. The molecule has 4 N–H and O–H groups in total. The van der Waals surface area contributed by atoms with Gasteiger partial charge in [-0.1, -0.05) is 0 Å². The lowest BCUT2D eigenvalue weighted by Crippen LogP contribution is -2.19. The van der Waals surface area contributed by atoms with Crippen LogP contribution in [0.4, 0.5) is 17.5 Å². The smallest absolute Gasteiger partial charge is 0.238 e. The van der Waals surface area contributed by atoms with Gasteiger partial charge in [0.25, 0.3) is 0 Å². The average Bonchev–Trinajstić information content (AvgIpc) is 2.50. The van der Waals surface area contributed by atoms with Crippen LogP contribution in [0.2, 0.25) is 0 Å². The van der Waals surface area contributed by atoms with Gasteiger partial charge in [0.15, 0.2) is 0 Å². The van der Waals surface area contributed by atoms with Crippen LogP contribution >= 0.6 is 27.7 Å². The number of anilines is 3. The second-order valence-electron chi connectivity index (χ2n) is 5.09. The molecule has 1 atom stereocenters. The molecule has 10 heteroatoms. The summed E-state index contributed by atoms with van der Waals surface area (Å²) in [5.74, 6) is 2.05. The first-order valence-corrected chi connectivity index (χ1v) is 10.7. The average molecular weight is 432 g/mol. The van der Waals surface area contributed by atoms with Crippen LogP contribution in [-0.2, 0) is 10.0 Å². The molecule has 1 aromatic heterocycles. The molecule has 0 fully saturated rings. The summed E-state index contributed by atoms with van der Waals surface area (Å²) in [6, 6.07) is 6.32. The molecule has 0 saturated heterocycles. The van der Waals surface area contributed by atoms with Gasteiger partial charge in [-0.25, -0.2) is 18.5 Å². The van der Waals surface area contributed by atoms with E-state index in [0.717, 1.165) is 10.2 Å². The number of hydrogen-bond acceptors (Lipinski definition) is 7. The molecule has 1 heterocycles. The number of nitrogens with zero attached hydrogens (tertiary/aromatic N) is 2. The Bertz CT molecular complexity index is 799. The molecule has 0 spiro atoms. The number of nitrogens with two attached hydrogens (primary N) is 1. The van der Waals surface area contributed by atoms with Gasteiger partial charge in [0.2, 0.25) is 16.0 Å². The Balaban J connectivity index is 2.15. The van der Waals surface area contributed by atoms with Crippen molar-refractivity contribution in [1.29, 1.82) is 0 Å². The third kappa shape index (κ3) is 5.33. The quantitative estimate of drug-likeness (QED) is 0.617. The number of nitrogens with one attached hydrogen (secondary N) is 2. The van der Waals surface area contributed by atoms with Gasteiger partial charge < -0.3 is 10.6 Å². The fraction of sp³-hybridized carbons (Fsp3) is 0.286. The van der Waals surface area contributed by atoms with E-state index >= 15 is 0 Å². The van der Waals surface area contributed by atoms with E-state index in [1.54, 1.807) is 30.1 Å². The van der Waals surface area contributed by atoms with E-state index in [1.165, 1.54) is 12.1 Å². The van der Waals surface area contributed by atoms with Gasteiger partial charge in [0.05, 0.1) is 9.37 Å². The number of primary sulfonamides is 1. The fourth-order valence-corrected chi connectivity index (χ4v) is 3.31. The highest BCUT2D eigenvalue weighted by molar-refractivity contribution is 9.10. The monoisotopic (exact) mass is 431 g/mol. The van der Waals surface area contributed by atoms with E-state index in [0.29, 0.717) is 17.5 Å². The molecule has 2 aromatic rings. The van der Waals surface area contributed by atoms with Crippen molar-refractivity contribution in [1.82, 2.24) is 9.97 Å². The maximum absolute atomic E-state index is 11.3. The molecule has 1 aromatic carbocycles. The number of halogens is 1. The molecule has 24 heavy (non-hydrogen) atoms. The van der Waals surface area contributed by atoms with Crippen LogP contribution < -0.4 is 15.8 Å². The molecular weight excluding hydrogens is 414 g/mol. The lowest BCUT2D eigenvalue weighted by molar-refractivity contribution is 0.598. The Morgan fingerprint density at radius 3 is 2.58 bits per heavy atom. The van der Waals surface area contributed by atoms with E-state index in [1.807, 2.05) is 6.26 Å². The number of hydrogen-bond donors (Lipinski definition) is 3. The third-order valence-electron chi connectivity index (χ3n) is 2.98. The normalized spacial score (nSPS) is 12.7. The fourth-order valence-electron chi connectivity index (χ4n) is 1.91. The van der Waals surface area contributed by atoms with Crippen LogP contribution in [0.3, 0.4) is 0 Å². The lowest BCUT2D eigenvalue weighted by Gasteiger charge is -2.15. The number of benzene rings is 1. The summed E-state index contributed by atoms with van der Waals surface area (Å²) in [5.41, 5.74) is 0.660. The SMILES string of the molecule is CSCC(C)Nc1nc(Nc2ccc(S(N)(=O)=O)cc2)ncc1Br. The highest BCUT2D eigenvalue weighted by Crippen LogP contribution is 2.23. The molecule has 2 rings (SSSR count). The van der Waals surface area contributed by atoms with Crippen LogP contribution in [0.1, 0.15) is 6.92 Å². The van der Waals surface area contributed by atoms with Gasteiger partial charge in [-0.05, 0) is 53.4 Å². The van der Waals surface area contributed by atoms with Crippen molar-refractivity contribution in [2.75, 3.05) is 22.6 Å². The molecule has 0 bridgehead atoms. The number of thioether (sulfide) groups is 1. The van der Waals surface area contributed by atoms with Crippen molar-refractivity contribution in [3.8, 4) is 0 Å². The summed E-state index contributed by atoms with van der Waals surface area (Å²) in [6.45, 7) is 2.07. The predicted octanol–water partition coefficient (Wildman–Crippen LogP) is 2.79. The summed E-state index contributed by atoms with van der Waals surface area (Å²) >= 11 is 5.17. The van der Waals surface area contributed by atoms with Crippen LogP contribution in [0.5, 0.6) is 0 Å². The summed E-state index contributed by atoms with van der Waals surface area (Å²) < 4.78 is 23.3. The molecular formula is C14H18BrN5O2S2. The maximum Gasteiger partial charge on any atom is 0.238 e. The summed E-state index contributed by atoms with van der Waals surface area (Å²) in [7, 11) is -3.70. The first kappa shape index (κ1) is 19.0. The van der Waals surface area contributed by atoms with Crippen LogP contribution in [0.25, 0.3) is 0 Å². The van der Waals surface area contributed by atoms with E-state index in [2.05, 4.69) is 43.5 Å². The van der Waals surface area contributed by atoms with Crippen LogP contribution in [0.15, 0.2) is 39.8 Å². The van der Waals surface area contributed by atoms with Crippen molar-refractivity contribution in [2.45, 2.75) is 17.9 Å². The molecule has 0 amide bonds. The first-order chi connectivity index (χ1) is 11.3. The first-order valence-electron chi connectivity index (χ1n) is 6.97. The van der Waals surface area contributed by atoms with Gasteiger partial charge in [-0.3, -0.25) is 0 Å². The van der Waals surface area contributed by atoms with Gasteiger partial charge in [0, 0.05) is 23.7 Å². The topological polar surface area (TPSA) is 110 Å². The van der Waals surface area contributed by atoms with Gasteiger partial charge >= 0.3 is 0 Å². The van der Waals surface area contributed by atoms with E-state index in [9.17, 15) is 8.42 Å². The molecule has 0 radical (unpaired) electrons. The largest absolute Gasteiger partial charge is 0.366 e. The zero-order valence-electron chi connectivity index (χ0n) is 13.2. The van der Waals surface area contributed by atoms with Gasteiger partial charge in [-0.2, -0.15) is 16.7 Å². The minimum atomic E-state index is -3.70. The molecule has 130 valence electrons. The molecule has 0 aliphatic rings. The van der Waals surface area contributed by atoms with Crippen LogP contribution in [0, 0.1) is 0 Å². The Hall–Kier alpha value is -1.36. The minimum Gasteiger partial charge on any atom is -0.366 e. The van der Waals surface area contributed by atoms with E-state index < -0.39 is 10.0 Å². The third-order valence-corrected chi connectivity index (χ3v) is 5.33. The van der Waals surface area contributed by atoms with Crippen molar-refractivity contribution >= 4 is 55.2 Å². The molecule has 0 aliphatic heterocycles. The maximum atomic E-state index is 11.3. The Labute approximate surface area is 154 Å². The molecule has 7 nitrogen and oxygen atoms in total. The standard InChI is InChI=1S/C14H18BrN5O2S2/c1-9(8-23-2)18-13-12(15)7-17-14(20-13)19-10-3-5-11(6-4-10)24(16,21)22/h3-7,9H,8H2,1-2H3,(H2,16,21,22)(H2,17,18,19,20). The Morgan fingerprint density at radius 2 is 2.00 bits per heavy atom. The molecule has 1 unspecified atom stereocenters. The Morgan fingerprint density at radius 1 is 1.33 bits per heavy atom. The predicted molar refractivity (Wildman–Crippen MR) is 102 cm³/mol. The highest BCUT2D eigenvalue weighted by atomic mass is 79.9. The van der Waals surface area contributed by atoms with E-state index in [-0.39, 0.29) is 10.9 Å². The zero-order valence-corrected chi connectivity index (χ0v) is 16.4. The minimum absolute atomic E-state index is 0.0537.